The Morgan fingerprint density at radius 2 is 1.74 bits per heavy atom. The summed E-state index contributed by atoms with van der Waals surface area (Å²) in [4.78, 5) is 6.95. The molecule has 2 saturated carbocycles. The van der Waals surface area contributed by atoms with Gasteiger partial charge in [-0.2, -0.15) is 0 Å². The number of likely N-dealkylation sites (tertiary alicyclic amines) is 1. The second-order valence-corrected chi connectivity index (χ2v) is 7.94. The largest absolute Gasteiger partial charge is 0.356 e. The van der Waals surface area contributed by atoms with E-state index in [-0.39, 0.29) is 0 Å². The van der Waals surface area contributed by atoms with Gasteiger partial charge in [0.25, 0.3) is 0 Å². The van der Waals surface area contributed by atoms with Gasteiger partial charge in [-0.15, -0.1) is 0 Å². The number of hydrogen-bond donors (Lipinski definition) is 2. The van der Waals surface area contributed by atoms with Crippen molar-refractivity contribution in [1.29, 1.82) is 0 Å². The van der Waals surface area contributed by atoms with Crippen LogP contribution in [0.3, 0.4) is 0 Å². The van der Waals surface area contributed by atoms with Crippen molar-refractivity contribution < 1.29 is 0 Å². The lowest BCUT2D eigenvalue weighted by atomic mass is 9.98. The summed E-state index contributed by atoms with van der Waals surface area (Å²) in [6.45, 7) is 10.6. The van der Waals surface area contributed by atoms with E-state index in [2.05, 4.69) is 34.0 Å². The molecule has 1 aliphatic heterocycles. The van der Waals surface area contributed by atoms with E-state index in [4.69, 9.17) is 0 Å². The van der Waals surface area contributed by atoms with E-state index in [1.54, 1.807) is 0 Å². The van der Waals surface area contributed by atoms with E-state index >= 15 is 0 Å². The smallest absolute Gasteiger partial charge is 0.191 e. The summed E-state index contributed by atoms with van der Waals surface area (Å²) >= 11 is 0. The maximum atomic E-state index is 4.45. The Hall–Kier alpha value is -1.03. The predicted octanol–water partition coefficient (Wildman–Crippen LogP) is 2.63. The topological polar surface area (TPSA) is 39.7 Å². The van der Waals surface area contributed by atoms with Crippen LogP contribution in [0.15, 0.2) is 17.1 Å². The molecular weight excluding hydrogens is 284 g/mol. The first-order valence-electron chi connectivity index (χ1n) is 9.49. The number of piperidine rings is 1. The molecule has 2 N–H and O–H groups in total. The highest BCUT2D eigenvalue weighted by Gasteiger charge is 2.41. The van der Waals surface area contributed by atoms with Crippen LogP contribution < -0.4 is 10.6 Å². The van der Waals surface area contributed by atoms with Gasteiger partial charge in [-0.25, -0.2) is 0 Å². The molecule has 3 rings (SSSR count). The summed E-state index contributed by atoms with van der Waals surface area (Å²) in [6.07, 6.45) is 8.21. The standard InChI is InChI=1S/C19H34N4/c1-14(2)13-23-10-8-17(9-11-23)22-19(20-3)21-12-18(15-4-5-15)16-6-7-16/h15-18H,1,4-13H2,2-3H3,(H2,20,21,22). The van der Waals surface area contributed by atoms with Crippen LogP contribution >= 0.6 is 0 Å². The number of aliphatic imine (C=N–C) groups is 1. The Morgan fingerprint density at radius 3 is 2.22 bits per heavy atom. The van der Waals surface area contributed by atoms with Crippen LogP contribution in [0, 0.1) is 17.8 Å². The van der Waals surface area contributed by atoms with E-state index in [1.807, 2.05) is 7.05 Å². The molecule has 1 heterocycles. The minimum Gasteiger partial charge on any atom is -0.356 e. The van der Waals surface area contributed by atoms with Gasteiger partial charge in [-0.05, 0) is 63.2 Å². The third kappa shape index (κ3) is 5.23. The lowest BCUT2D eigenvalue weighted by Crippen LogP contribution is -2.49. The van der Waals surface area contributed by atoms with Gasteiger partial charge in [-0.3, -0.25) is 9.89 Å². The summed E-state index contributed by atoms with van der Waals surface area (Å²) < 4.78 is 0. The zero-order valence-corrected chi connectivity index (χ0v) is 15.0. The Kier molecular flexibility index (Phi) is 5.62. The van der Waals surface area contributed by atoms with Crippen molar-refractivity contribution in [1.82, 2.24) is 15.5 Å². The van der Waals surface area contributed by atoms with Crippen molar-refractivity contribution in [2.24, 2.45) is 22.7 Å². The van der Waals surface area contributed by atoms with Gasteiger partial charge in [0.15, 0.2) is 5.96 Å². The number of rotatable bonds is 7. The third-order valence-corrected chi connectivity index (χ3v) is 5.61. The van der Waals surface area contributed by atoms with Crippen molar-refractivity contribution in [2.45, 2.75) is 51.5 Å². The molecule has 130 valence electrons. The minimum atomic E-state index is 0.558. The number of nitrogens with zero attached hydrogens (tertiary/aromatic N) is 2. The maximum Gasteiger partial charge on any atom is 0.191 e. The van der Waals surface area contributed by atoms with Crippen LogP contribution in [0.5, 0.6) is 0 Å². The summed E-state index contributed by atoms with van der Waals surface area (Å²) in [5.74, 6) is 3.90. The first-order chi connectivity index (χ1) is 11.2. The molecule has 3 aliphatic rings. The SMILES string of the molecule is C=C(C)CN1CCC(NC(=NC)NCC(C2CC2)C2CC2)CC1. The monoisotopic (exact) mass is 318 g/mol. The Bertz CT molecular complexity index is 417. The van der Waals surface area contributed by atoms with Gasteiger partial charge >= 0.3 is 0 Å². The molecule has 3 fully saturated rings. The molecule has 4 heteroatoms. The second kappa shape index (κ2) is 7.69. The quantitative estimate of drug-likeness (QED) is 0.431. The zero-order valence-electron chi connectivity index (χ0n) is 15.0. The molecule has 23 heavy (non-hydrogen) atoms. The molecule has 0 bridgehead atoms. The van der Waals surface area contributed by atoms with Crippen LogP contribution in [-0.2, 0) is 0 Å². The highest BCUT2D eigenvalue weighted by atomic mass is 15.2. The fourth-order valence-electron chi connectivity index (χ4n) is 3.99. The van der Waals surface area contributed by atoms with Crippen molar-refractivity contribution in [2.75, 3.05) is 33.2 Å². The predicted molar refractivity (Wildman–Crippen MR) is 97.7 cm³/mol. The number of guanidine groups is 1. The summed E-state index contributed by atoms with van der Waals surface area (Å²) in [5, 5.41) is 7.26. The van der Waals surface area contributed by atoms with Crippen molar-refractivity contribution in [3.8, 4) is 0 Å². The molecule has 1 saturated heterocycles. The van der Waals surface area contributed by atoms with Crippen LogP contribution in [0.25, 0.3) is 0 Å². The van der Waals surface area contributed by atoms with Crippen LogP contribution in [0.2, 0.25) is 0 Å². The molecule has 2 aliphatic carbocycles. The Morgan fingerprint density at radius 1 is 1.13 bits per heavy atom. The molecule has 0 spiro atoms. The average Bonchev–Trinajstić information content (AvgIpc) is 3.41. The fourth-order valence-corrected chi connectivity index (χ4v) is 3.99. The highest BCUT2D eigenvalue weighted by Crippen LogP contribution is 2.48. The van der Waals surface area contributed by atoms with Gasteiger partial charge in [0.2, 0.25) is 0 Å². The lowest BCUT2D eigenvalue weighted by molar-refractivity contribution is 0.221. The Labute approximate surface area is 141 Å². The first-order valence-corrected chi connectivity index (χ1v) is 9.49. The van der Waals surface area contributed by atoms with Gasteiger partial charge in [0, 0.05) is 39.3 Å². The molecule has 0 aromatic heterocycles. The molecule has 0 aromatic rings. The van der Waals surface area contributed by atoms with Gasteiger partial charge in [0.05, 0.1) is 0 Å². The minimum absolute atomic E-state index is 0.558. The molecular formula is C19H34N4. The lowest BCUT2D eigenvalue weighted by Gasteiger charge is -2.33. The normalized spacial score (nSPS) is 24.0. The summed E-state index contributed by atoms with van der Waals surface area (Å²) in [7, 11) is 1.90. The van der Waals surface area contributed by atoms with Gasteiger partial charge in [0.1, 0.15) is 0 Å². The maximum absolute atomic E-state index is 4.45. The van der Waals surface area contributed by atoms with E-state index in [0.717, 1.165) is 49.9 Å². The highest BCUT2D eigenvalue weighted by molar-refractivity contribution is 5.80. The Balaban J connectivity index is 1.38. The second-order valence-electron chi connectivity index (χ2n) is 7.94. The van der Waals surface area contributed by atoms with Crippen LogP contribution in [0.1, 0.15) is 45.4 Å². The molecule has 4 nitrogen and oxygen atoms in total. The van der Waals surface area contributed by atoms with Gasteiger partial charge < -0.3 is 10.6 Å². The van der Waals surface area contributed by atoms with Crippen LogP contribution in [0.4, 0.5) is 0 Å². The van der Waals surface area contributed by atoms with Crippen molar-refractivity contribution in [3.05, 3.63) is 12.2 Å². The average molecular weight is 319 g/mol. The van der Waals surface area contributed by atoms with E-state index in [1.165, 1.54) is 44.1 Å². The fraction of sp³-hybridized carbons (Fsp3) is 0.842. The molecule has 0 amide bonds. The van der Waals surface area contributed by atoms with E-state index in [0.29, 0.717) is 6.04 Å². The zero-order chi connectivity index (χ0) is 16.2. The van der Waals surface area contributed by atoms with E-state index in [9.17, 15) is 0 Å². The van der Waals surface area contributed by atoms with E-state index < -0.39 is 0 Å². The van der Waals surface area contributed by atoms with Crippen LogP contribution in [-0.4, -0.2) is 50.1 Å². The summed E-state index contributed by atoms with van der Waals surface area (Å²) in [6, 6.07) is 0.558. The first kappa shape index (κ1) is 16.8. The van der Waals surface area contributed by atoms with Crippen molar-refractivity contribution in [3.63, 3.8) is 0 Å². The molecule has 0 atom stereocenters. The molecule has 0 radical (unpaired) electrons. The third-order valence-electron chi connectivity index (χ3n) is 5.61. The van der Waals surface area contributed by atoms with Crippen molar-refractivity contribution >= 4 is 5.96 Å². The molecule has 0 unspecified atom stereocenters. The summed E-state index contributed by atoms with van der Waals surface area (Å²) in [5.41, 5.74) is 1.26. The number of nitrogens with one attached hydrogen (secondary N) is 2. The van der Waals surface area contributed by atoms with Gasteiger partial charge in [-0.1, -0.05) is 12.2 Å². The number of hydrogen-bond acceptors (Lipinski definition) is 2. The molecule has 0 aromatic carbocycles.